The highest BCUT2D eigenvalue weighted by atomic mass is 16.5. The van der Waals surface area contributed by atoms with Crippen molar-refractivity contribution in [3.05, 3.63) is 42.9 Å². The second-order valence-corrected chi connectivity index (χ2v) is 7.09. The lowest BCUT2D eigenvalue weighted by Gasteiger charge is -2.36. The molecule has 1 saturated heterocycles. The van der Waals surface area contributed by atoms with Crippen LogP contribution in [0.5, 0.6) is 5.75 Å². The Kier molecular flexibility index (Phi) is 5.62. The van der Waals surface area contributed by atoms with Crippen molar-refractivity contribution in [2.75, 3.05) is 51.4 Å². The zero-order chi connectivity index (χ0) is 20.2. The average Bonchev–Trinajstić information content (AvgIpc) is 3.17. The van der Waals surface area contributed by atoms with E-state index in [1.807, 2.05) is 31.2 Å². The van der Waals surface area contributed by atoms with Gasteiger partial charge in [-0.3, -0.25) is 5.10 Å². The molecule has 0 amide bonds. The van der Waals surface area contributed by atoms with E-state index >= 15 is 0 Å². The van der Waals surface area contributed by atoms with Crippen LogP contribution in [-0.4, -0.2) is 71.6 Å². The molecule has 1 fully saturated rings. The predicted molar refractivity (Wildman–Crippen MR) is 113 cm³/mol. The molecule has 8 heteroatoms. The number of fused-ring (bicyclic) bond motifs is 1. The molecule has 2 aromatic heterocycles. The molecule has 0 atom stereocenters. The van der Waals surface area contributed by atoms with Crippen LogP contribution in [0.4, 0.5) is 5.82 Å². The summed E-state index contributed by atoms with van der Waals surface area (Å²) >= 11 is 0. The Balaban J connectivity index is 1.57. The Morgan fingerprint density at radius 2 is 1.97 bits per heavy atom. The number of H-pyrrole nitrogens is 1. The van der Waals surface area contributed by atoms with E-state index in [9.17, 15) is 0 Å². The monoisotopic (exact) mass is 394 g/mol. The summed E-state index contributed by atoms with van der Waals surface area (Å²) in [5.41, 5.74) is 3.63. The number of ether oxygens (including phenoxy) is 2. The summed E-state index contributed by atoms with van der Waals surface area (Å²) in [5.74, 6) is 1.70. The molecule has 29 heavy (non-hydrogen) atoms. The van der Waals surface area contributed by atoms with Gasteiger partial charge in [0.15, 0.2) is 0 Å². The van der Waals surface area contributed by atoms with E-state index in [0.717, 1.165) is 65.7 Å². The van der Waals surface area contributed by atoms with E-state index in [4.69, 9.17) is 9.47 Å². The van der Waals surface area contributed by atoms with Crippen LogP contribution in [0.15, 0.2) is 42.9 Å². The summed E-state index contributed by atoms with van der Waals surface area (Å²) in [6, 6.07) is 7.88. The third-order valence-corrected chi connectivity index (χ3v) is 5.13. The number of nitrogens with zero attached hydrogens (tertiary/aromatic N) is 5. The molecule has 8 nitrogen and oxygen atoms in total. The second kappa shape index (κ2) is 8.48. The number of methoxy groups -OCH3 is 1. The highest BCUT2D eigenvalue weighted by molar-refractivity contribution is 5.93. The molecule has 1 aromatic carbocycles. The number of benzene rings is 1. The van der Waals surface area contributed by atoms with Gasteiger partial charge in [0, 0.05) is 50.4 Å². The number of aromatic amines is 1. The van der Waals surface area contributed by atoms with Gasteiger partial charge >= 0.3 is 0 Å². The van der Waals surface area contributed by atoms with Crippen LogP contribution in [0.25, 0.3) is 22.3 Å². The van der Waals surface area contributed by atoms with Crippen LogP contribution < -0.4 is 9.64 Å². The average molecular weight is 394 g/mol. The smallest absolute Gasteiger partial charge is 0.132 e. The maximum atomic E-state index is 5.74. The number of nitrogens with one attached hydrogen (secondary N) is 1. The van der Waals surface area contributed by atoms with Crippen molar-refractivity contribution in [2.45, 2.75) is 6.92 Å². The molecule has 152 valence electrons. The molecule has 1 aliphatic heterocycles. The Morgan fingerprint density at radius 3 is 2.72 bits per heavy atom. The fraction of sp³-hybridized carbons (Fsp3) is 0.381. The lowest BCUT2D eigenvalue weighted by Crippen LogP contribution is -2.45. The molecule has 3 heterocycles. The van der Waals surface area contributed by atoms with E-state index in [2.05, 4.69) is 36.5 Å². The fourth-order valence-electron chi connectivity index (χ4n) is 3.49. The molecule has 4 rings (SSSR count). The largest absolute Gasteiger partial charge is 0.491 e. The van der Waals surface area contributed by atoms with Gasteiger partial charge in [0.1, 0.15) is 30.2 Å². The summed E-state index contributed by atoms with van der Waals surface area (Å²) in [6.45, 7) is 10.8. The van der Waals surface area contributed by atoms with Gasteiger partial charge in [-0.25, -0.2) is 9.97 Å². The second-order valence-electron chi connectivity index (χ2n) is 7.09. The fourth-order valence-corrected chi connectivity index (χ4v) is 3.49. The van der Waals surface area contributed by atoms with Crippen LogP contribution in [0.2, 0.25) is 0 Å². The molecule has 1 N–H and O–H groups in total. The van der Waals surface area contributed by atoms with Crippen molar-refractivity contribution in [3.8, 4) is 17.1 Å². The van der Waals surface area contributed by atoms with Gasteiger partial charge in [0.2, 0.25) is 0 Å². The van der Waals surface area contributed by atoms with E-state index in [0.29, 0.717) is 13.2 Å². The summed E-state index contributed by atoms with van der Waals surface area (Å²) in [6.07, 6.45) is 1.61. The molecular formula is C21H26N6O2. The third kappa shape index (κ3) is 4.17. The summed E-state index contributed by atoms with van der Waals surface area (Å²) in [4.78, 5) is 13.5. The molecule has 0 radical (unpaired) electrons. The van der Waals surface area contributed by atoms with Gasteiger partial charge in [0.05, 0.1) is 17.8 Å². The first kappa shape index (κ1) is 19.2. The van der Waals surface area contributed by atoms with Crippen molar-refractivity contribution in [1.82, 2.24) is 25.1 Å². The van der Waals surface area contributed by atoms with Gasteiger partial charge in [-0.05, 0) is 25.1 Å². The number of hydrogen-bond acceptors (Lipinski definition) is 7. The van der Waals surface area contributed by atoms with Crippen LogP contribution in [0, 0.1) is 0 Å². The number of hydrogen-bond donors (Lipinski definition) is 1. The van der Waals surface area contributed by atoms with Gasteiger partial charge in [-0.15, -0.1) is 0 Å². The van der Waals surface area contributed by atoms with Crippen molar-refractivity contribution >= 4 is 16.7 Å². The van der Waals surface area contributed by atoms with Crippen LogP contribution in [-0.2, 0) is 4.74 Å². The molecule has 0 unspecified atom stereocenters. The molecule has 3 aromatic rings. The van der Waals surface area contributed by atoms with Gasteiger partial charge in [-0.2, -0.15) is 5.10 Å². The van der Waals surface area contributed by atoms with E-state index in [1.165, 1.54) is 0 Å². The van der Waals surface area contributed by atoms with Crippen molar-refractivity contribution in [2.24, 2.45) is 0 Å². The van der Waals surface area contributed by atoms with Crippen molar-refractivity contribution < 1.29 is 9.47 Å². The Bertz CT molecular complexity index is 994. The van der Waals surface area contributed by atoms with Crippen LogP contribution in [0.1, 0.15) is 6.92 Å². The zero-order valence-corrected chi connectivity index (χ0v) is 16.9. The quantitative estimate of drug-likeness (QED) is 0.617. The highest BCUT2D eigenvalue weighted by Gasteiger charge is 2.19. The number of piperazine rings is 1. The minimum absolute atomic E-state index is 0.503. The Labute approximate surface area is 170 Å². The Morgan fingerprint density at radius 1 is 1.14 bits per heavy atom. The predicted octanol–water partition coefficient (Wildman–Crippen LogP) is 2.70. The first-order chi connectivity index (χ1) is 14.2. The molecule has 1 aliphatic rings. The van der Waals surface area contributed by atoms with Gasteiger partial charge < -0.3 is 19.3 Å². The van der Waals surface area contributed by atoms with E-state index in [-0.39, 0.29) is 0 Å². The van der Waals surface area contributed by atoms with Gasteiger partial charge in [0.25, 0.3) is 0 Å². The molecule has 0 spiro atoms. The first-order valence-electron chi connectivity index (χ1n) is 9.73. The zero-order valence-electron chi connectivity index (χ0n) is 16.9. The van der Waals surface area contributed by atoms with Crippen LogP contribution >= 0.6 is 0 Å². The summed E-state index contributed by atoms with van der Waals surface area (Å²) in [5, 5.41) is 8.54. The SMILES string of the molecule is C=C(C)N1CCN(c2cc(-c3n[nH]c4ccc(OCCOC)cc34)ncn2)CC1. The lowest BCUT2D eigenvalue weighted by atomic mass is 10.1. The summed E-state index contributed by atoms with van der Waals surface area (Å²) in [7, 11) is 1.66. The summed E-state index contributed by atoms with van der Waals surface area (Å²) < 4.78 is 10.8. The molecule has 0 bridgehead atoms. The topological polar surface area (TPSA) is 79.4 Å². The maximum Gasteiger partial charge on any atom is 0.132 e. The number of aromatic nitrogens is 4. The van der Waals surface area contributed by atoms with Crippen molar-refractivity contribution in [1.29, 1.82) is 0 Å². The third-order valence-electron chi connectivity index (χ3n) is 5.13. The minimum atomic E-state index is 0.503. The number of rotatable bonds is 7. The number of anilines is 1. The lowest BCUT2D eigenvalue weighted by molar-refractivity contribution is 0.146. The Hall–Kier alpha value is -3.13. The highest BCUT2D eigenvalue weighted by Crippen LogP contribution is 2.29. The molecule has 0 saturated carbocycles. The van der Waals surface area contributed by atoms with Gasteiger partial charge in [-0.1, -0.05) is 6.58 Å². The van der Waals surface area contributed by atoms with E-state index < -0.39 is 0 Å². The minimum Gasteiger partial charge on any atom is -0.491 e. The standard InChI is InChI=1S/C21H26N6O2/c1-15(2)26-6-8-27(9-7-26)20-13-19(22-14-23-20)21-17-12-16(29-11-10-28-3)4-5-18(17)24-25-21/h4-5,12-14H,1,6-11H2,2-3H3,(H,24,25). The normalized spacial score (nSPS) is 14.4. The first-order valence-corrected chi connectivity index (χ1v) is 9.73. The van der Waals surface area contributed by atoms with Crippen molar-refractivity contribution in [3.63, 3.8) is 0 Å². The van der Waals surface area contributed by atoms with E-state index in [1.54, 1.807) is 13.4 Å². The number of allylic oxidation sites excluding steroid dienone is 1. The van der Waals surface area contributed by atoms with Crippen LogP contribution in [0.3, 0.4) is 0 Å². The molecule has 0 aliphatic carbocycles. The maximum absolute atomic E-state index is 5.74. The molecular weight excluding hydrogens is 368 g/mol.